The molecule has 14 nitrogen and oxygen atoms in total. The van der Waals surface area contributed by atoms with E-state index in [1.54, 1.807) is 5.32 Å². The van der Waals surface area contributed by atoms with Crippen LogP contribution >= 0.6 is 11.6 Å². The number of carbonyl (C=O) groups excluding carboxylic acids is 1. The van der Waals surface area contributed by atoms with Crippen molar-refractivity contribution < 1.29 is 85.2 Å². The minimum atomic E-state index is -6.42. The summed E-state index contributed by atoms with van der Waals surface area (Å²) in [4.78, 5) is 27.7. The molecule has 0 bridgehead atoms. The summed E-state index contributed by atoms with van der Waals surface area (Å²) >= 11 is 6.02. The van der Waals surface area contributed by atoms with Crippen LogP contribution in [0.15, 0.2) is 95.3 Å². The molecule has 1 amide bonds. The standard InChI is InChI=1S/C46H52ClN7O7S/c1-30-22-31(14-21-60-30)27-49-41-11-9-38(25-42(41)54(56)57)62(58,59)51-45(55)39-10-8-36(24-43(39)61-37-23-33-13-16-48-44(33)50-28-37)53-19-17-52(18-20-53)29-34-12-15-46(2,3)26-40(34)32-4-6-35(47)7-5-32/h4-11,13,16,23-25,28,30-31,49H,12,14-15,17-22,26-27,29H2,1-3H3,(H,48,50)(H,51,55)/i2D3,4D,5D,6D,7D,8D,9D,10D,11D,12D2,13D,14D2,15D2,16D,17D2,18D2,19D2,20D2,21D2,22D2,23D,24D,25D,26D2,27D2,28D,29D2,30D. The lowest BCUT2D eigenvalue weighted by atomic mass is 9.72. The van der Waals surface area contributed by atoms with Gasteiger partial charge in [0.25, 0.3) is 21.6 Å². The van der Waals surface area contributed by atoms with Gasteiger partial charge in [-0.2, -0.15) is 0 Å². The summed E-state index contributed by atoms with van der Waals surface area (Å²) < 4.78 is 415. The molecule has 326 valence electrons. The lowest BCUT2D eigenvalue weighted by Gasteiger charge is -2.39. The number of nitro groups is 1. The van der Waals surface area contributed by atoms with Crippen LogP contribution in [-0.2, 0) is 14.8 Å². The van der Waals surface area contributed by atoms with Gasteiger partial charge in [-0.05, 0) is 110 Å². The molecule has 0 saturated carbocycles. The Balaban J connectivity index is 1.39. The number of H-pyrrole nitrogens is 1. The third kappa shape index (κ3) is 10.1. The van der Waals surface area contributed by atoms with Crippen molar-refractivity contribution in [3.63, 3.8) is 0 Å². The highest BCUT2D eigenvalue weighted by Crippen LogP contribution is 2.43. The number of aromatic nitrogens is 2. The van der Waals surface area contributed by atoms with Crippen molar-refractivity contribution in [3.05, 3.63) is 117 Å². The van der Waals surface area contributed by atoms with E-state index in [9.17, 15) is 46.6 Å². The van der Waals surface area contributed by atoms with Crippen molar-refractivity contribution in [1.29, 1.82) is 0 Å². The van der Waals surface area contributed by atoms with E-state index in [4.69, 9.17) is 50.6 Å². The van der Waals surface area contributed by atoms with E-state index in [1.807, 2.05) is 0 Å². The van der Waals surface area contributed by atoms with E-state index in [-0.39, 0.29) is 6.92 Å². The van der Waals surface area contributed by atoms with Crippen LogP contribution in [0, 0.1) is 21.4 Å². The van der Waals surface area contributed by atoms with E-state index in [0.29, 0.717) is 6.92 Å². The summed E-state index contributed by atoms with van der Waals surface area (Å²) in [7, 11) is -6.42. The number of hydrogen-bond acceptors (Lipinski definition) is 11. The maximum atomic E-state index is 14.9. The zero-order valence-corrected chi connectivity index (χ0v) is 32.6. The molecule has 4 heterocycles. The number of fused-ring (bicyclic) bond motifs is 1. The Labute approximate surface area is 425 Å². The van der Waals surface area contributed by atoms with Gasteiger partial charge in [0.2, 0.25) is 0 Å². The molecule has 3 aromatic carbocycles. The SMILES string of the molecule is [2H]c1nc2[nH]c([2H])c([2H])c2c([2H])c1Oc1c([2H])c(N2C([2H])([2H])C([2H])([2H])N(C([2H])([2H])C3=C(c4c([2H])c([2H])c(Cl)c([2H])c4[2H])C([2H])([2H])C(C)(C([2H])([2H])[2H])C([2H])([2H])C3([2H])[2H])C([2H])([2H])C2([2H])[2H])c([2H])c([2H])c1C(=O)NS(=O)(=O)c1c([2H])c([2H])c(NC([2H])([2H])C2C([2H])([2H])C([2H])([2H])OC([2H])(C)C2([2H])[2H])c([N+](=O)[O-])c1[2H]. The number of sulfonamides is 1. The fourth-order valence-electron chi connectivity index (χ4n) is 5.01. The van der Waals surface area contributed by atoms with Crippen molar-refractivity contribution >= 4 is 61.2 Å². The van der Waals surface area contributed by atoms with Gasteiger partial charge in [0.1, 0.15) is 22.8 Å². The van der Waals surface area contributed by atoms with E-state index in [0.717, 1.165) is 4.72 Å². The third-order valence-corrected chi connectivity index (χ3v) is 9.14. The first-order valence-corrected chi connectivity index (χ1v) is 18.8. The second kappa shape index (κ2) is 18.1. The zero-order valence-electron chi connectivity index (χ0n) is 73.0. The Kier molecular flexibility index (Phi) is 4.56. The summed E-state index contributed by atoms with van der Waals surface area (Å²) in [6.07, 6.45) is -26.4. The van der Waals surface area contributed by atoms with E-state index in [2.05, 4.69) is 14.7 Å². The molecule has 2 aromatic heterocycles. The molecule has 1 aliphatic carbocycles. The van der Waals surface area contributed by atoms with Crippen molar-refractivity contribution in [2.24, 2.45) is 11.3 Å². The van der Waals surface area contributed by atoms with Gasteiger partial charge >= 0.3 is 0 Å². The van der Waals surface area contributed by atoms with Crippen molar-refractivity contribution in [2.75, 3.05) is 55.8 Å². The molecule has 0 spiro atoms. The molecule has 3 unspecified atom stereocenters. The second-order valence-corrected chi connectivity index (χ2v) is 14.3. The van der Waals surface area contributed by atoms with Gasteiger partial charge in [-0.3, -0.25) is 19.8 Å². The highest BCUT2D eigenvalue weighted by atomic mass is 35.5. The number of hydrogen-bond donors (Lipinski definition) is 3. The minimum Gasteiger partial charge on any atom is -0.455 e. The predicted molar refractivity (Wildman–Crippen MR) is 242 cm³/mol. The van der Waals surface area contributed by atoms with Crippen LogP contribution in [0.5, 0.6) is 11.5 Å². The summed E-state index contributed by atoms with van der Waals surface area (Å²) in [5.41, 5.74) is -18.5. The number of rotatable bonds is 13. The first-order valence-electron chi connectivity index (χ1n) is 37.9. The maximum Gasteiger partial charge on any atom is 0.293 e. The topological polar surface area (TPSA) is 172 Å². The number of pyridine rings is 1. The number of aromatic amines is 1. The van der Waals surface area contributed by atoms with Gasteiger partial charge < -0.3 is 24.7 Å². The summed E-state index contributed by atoms with van der Waals surface area (Å²) in [6, 6.07) is -20.3. The van der Waals surface area contributed by atoms with Gasteiger partial charge in [-0.1, -0.05) is 43.0 Å². The number of allylic oxidation sites excluding steroid dienone is 1. The molecular formula is C46H52ClN7O7S. The van der Waals surface area contributed by atoms with Gasteiger partial charge in [-0.15, -0.1) is 0 Å². The molecule has 3 atom stereocenters. The van der Waals surface area contributed by atoms with Gasteiger partial charge in [0.15, 0.2) is 0 Å². The van der Waals surface area contributed by atoms with Crippen LogP contribution < -0.4 is 19.7 Å². The molecule has 2 fully saturated rings. The van der Waals surface area contributed by atoms with Crippen LogP contribution in [0.3, 0.4) is 0 Å². The Morgan fingerprint density at radius 2 is 1.98 bits per heavy atom. The number of ether oxygens (including phenoxy) is 2. The molecule has 8 rings (SSSR count). The number of amides is 1. The Morgan fingerprint density at radius 1 is 1.18 bits per heavy atom. The molecule has 2 saturated heterocycles. The number of carbonyl (C=O) groups is 1. The van der Waals surface area contributed by atoms with Crippen LogP contribution in [0.1, 0.15) is 126 Å². The first kappa shape index (κ1) is 15.6. The van der Waals surface area contributed by atoms with Crippen molar-refractivity contribution in [2.45, 2.75) is 63.5 Å². The minimum absolute atomic E-state index is 0.247. The van der Waals surface area contributed by atoms with Crippen LogP contribution in [0.4, 0.5) is 17.1 Å². The number of anilines is 2. The van der Waals surface area contributed by atoms with E-state index >= 15 is 0 Å². The number of piperazine rings is 1. The maximum absolute atomic E-state index is 14.9. The number of benzene rings is 3. The molecule has 16 heteroatoms. The van der Waals surface area contributed by atoms with Gasteiger partial charge in [0.05, 0.1) is 56.4 Å². The largest absolute Gasteiger partial charge is 0.455 e. The molecule has 2 aliphatic heterocycles. The lowest BCUT2D eigenvalue weighted by molar-refractivity contribution is -0.384. The first-order chi connectivity index (χ1) is 46.2. The average molecular weight is 925 g/mol. The van der Waals surface area contributed by atoms with Crippen LogP contribution in [-0.4, -0.2) is 85.7 Å². The van der Waals surface area contributed by atoms with Gasteiger partial charge in [0, 0.05) is 109 Å². The zero-order chi connectivity index (χ0) is 80.7. The third-order valence-electron chi connectivity index (χ3n) is 7.76. The summed E-state index contributed by atoms with van der Waals surface area (Å²) in [5.74, 6) is -9.16. The van der Waals surface area contributed by atoms with Crippen LogP contribution in [0.2, 0.25) is 5.02 Å². The monoisotopic (exact) mass is 924 g/mol. The fourth-order valence-corrected chi connectivity index (χ4v) is 5.97. The molecule has 3 aliphatic rings. The highest BCUT2D eigenvalue weighted by molar-refractivity contribution is 7.90. The summed E-state index contributed by atoms with van der Waals surface area (Å²) in [5, 5.41) is 12.5. The Hall–Kier alpha value is -5.48. The van der Waals surface area contributed by atoms with Crippen molar-refractivity contribution in [1.82, 2.24) is 19.6 Å². The number of halogens is 1. The number of nitro benzene ring substituents is 1. The predicted octanol–water partition coefficient (Wildman–Crippen LogP) is 9.05. The second-order valence-electron chi connectivity index (χ2n) is 12.3. The molecule has 62 heavy (non-hydrogen) atoms. The van der Waals surface area contributed by atoms with Crippen molar-refractivity contribution in [3.8, 4) is 11.5 Å². The lowest BCUT2D eigenvalue weighted by Crippen LogP contribution is -2.47. The normalized spacial score (nSPS) is 41.0. The Morgan fingerprint density at radius 3 is 2.76 bits per heavy atom. The smallest absolute Gasteiger partial charge is 0.293 e. The van der Waals surface area contributed by atoms with Gasteiger partial charge in [-0.25, -0.2) is 18.1 Å². The molecule has 5 aromatic rings. The van der Waals surface area contributed by atoms with Crippen LogP contribution in [0.25, 0.3) is 16.6 Å². The number of nitrogens with zero attached hydrogens (tertiary/aromatic N) is 4. The number of nitrogens with one attached hydrogen (secondary N) is 3. The average Bonchev–Trinajstić information content (AvgIpc) is 0.692. The fraction of sp³-hybridized carbons (Fsp3) is 0.391. The Bertz CT molecular complexity index is 4630. The molecule has 0 radical (unpaired) electrons. The molecular weight excluding hydrogens is 830 g/mol. The van der Waals surface area contributed by atoms with E-state index in [1.165, 1.54) is 0 Å². The highest BCUT2D eigenvalue weighted by Gasteiger charge is 2.31. The molecule has 3 N–H and O–H groups in total. The quantitative estimate of drug-likeness (QED) is 0.0760. The summed E-state index contributed by atoms with van der Waals surface area (Å²) in [6.45, 7) is -35.9. The van der Waals surface area contributed by atoms with E-state index < -0.39 is 289 Å².